The lowest BCUT2D eigenvalue weighted by molar-refractivity contribution is 0.343. The molecule has 0 spiro atoms. The minimum Gasteiger partial charge on any atom is -0.392 e. The highest BCUT2D eigenvalue weighted by Crippen LogP contribution is 2.22. The van der Waals surface area contributed by atoms with Crippen molar-refractivity contribution in [2.45, 2.75) is 6.92 Å². The second-order valence-electron chi connectivity index (χ2n) is 3.33. The van der Waals surface area contributed by atoms with E-state index in [2.05, 4.69) is 24.0 Å². The van der Waals surface area contributed by atoms with Crippen molar-refractivity contribution >= 4 is 17.0 Å². The van der Waals surface area contributed by atoms with Crippen LogP contribution in [0, 0.1) is 6.92 Å². The van der Waals surface area contributed by atoms with Crippen LogP contribution in [0.15, 0.2) is 30.5 Å². The summed E-state index contributed by atoms with van der Waals surface area (Å²) in [5.74, 6) is 0. The molecule has 0 unspecified atom stereocenters. The minimum absolute atomic E-state index is 0.0819. The molecule has 2 N–H and O–H groups in total. The number of aliphatic hydroxyl groups is 1. The molecule has 14 heavy (non-hydrogen) atoms. The van der Waals surface area contributed by atoms with Gasteiger partial charge in [-0.1, -0.05) is 24.3 Å². The highest BCUT2D eigenvalue weighted by Gasteiger charge is 2.02. The number of fused-ring (bicyclic) bond motifs is 1. The molecule has 0 fully saturated rings. The van der Waals surface area contributed by atoms with Crippen molar-refractivity contribution in [1.29, 1.82) is 0 Å². The van der Waals surface area contributed by atoms with Gasteiger partial charge in [-0.2, -0.15) is 0 Å². The van der Waals surface area contributed by atoms with E-state index in [0.717, 1.165) is 11.1 Å². The van der Waals surface area contributed by atoms with Crippen molar-refractivity contribution in [1.82, 2.24) is 4.98 Å². The van der Waals surface area contributed by atoms with Crippen LogP contribution in [0.1, 0.15) is 11.1 Å². The summed E-state index contributed by atoms with van der Waals surface area (Å²) in [6, 6.07) is 6.18. The molecule has 0 radical (unpaired) electrons. The standard InChI is InChI=1S/C12H13NO/c1-9-4-2-6-11-12(9)10(8-13-11)5-3-7-14/h2-6,8,13-14H,7H2,1H3. The van der Waals surface area contributed by atoms with Gasteiger partial charge in [-0.05, 0) is 24.1 Å². The lowest BCUT2D eigenvalue weighted by Crippen LogP contribution is -1.76. The summed E-state index contributed by atoms with van der Waals surface area (Å²) in [5.41, 5.74) is 3.52. The van der Waals surface area contributed by atoms with E-state index < -0.39 is 0 Å². The molecule has 72 valence electrons. The summed E-state index contributed by atoms with van der Waals surface area (Å²) in [7, 11) is 0. The number of aryl methyl sites for hydroxylation is 1. The van der Waals surface area contributed by atoms with Crippen LogP contribution in [-0.4, -0.2) is 16.7 Å². The van der Waals surface area contributed by atoms with Crippen molar-refractivity contribution in [2.24, 2.45) is 0 Å². The van der Waals surface area contributed by atoms with Gasteiger partial charge in [0.2, 0.25) is 0 Å². The number of aromatic amines is 1. The predicted octanol–water partition coefficient (Wildman–Crippen LogP) is 2.48. The van der Waals surface area contributed by atoms with Gasteiger partial charge in [0.25, 0.3) is 0 Å². The fourth-order valence-corrected chi connectivity index (χ4v) is 1.71. The van der Waals surface area contributed by atoms with Gasteiger partial charge in [0.05, 0.1) is 6.61 Å². The fraction of sp³-hybridized carbons (Fsp3) is 0.167. The lowest BCUT2D eigenvalue weighted by atomic mass is 10.1. The number of hydrogen-bond donors (Lipinski definition) is 2. The number of aliphatic hydroxyl groups excluding tert-OH is 1. The van der Waals surface area contributed by atoms with E-state index in [4.69, 9.17) is 5.11 Å². The third kappa shape index (κ3) is 1.44. The first-order chi connectivity index (χ1) is 6.83. The number of rotatable bonds is 2. The summed E-state index contributed by atoms with van der Waals surface area (Å²) in [6.07, 6.45) is 5.64. The first-order valence-corrected chi connectivity index (χ1v) is 4.67. The molecule has 1 aromatic heterocycles. The van der Waals surface area contributed by atoms with Gasteiger partial charge in [-0.3, -0.25) is 0 Å². The van der Waals surface area contributed by atoms with Crippen LogP contribution in [0.2, 0.25) is 0 Å². The fourth-order valence-electron chi connectivity index (χ4n) is 1.71. The maximum absolute atomic E-state index is 8.71. The smallest absolute Gasteiger partial charge is 0.0615 e. The second-order valence-corrected chi connectivity index (χ2v) is 3.33. The van der Waals surface area contributed by atoms with Gasteiger partial charge in [-0.25, -0.2) is 0 Å². The molecule has 2 nitrogen and oxygen atoms in total. The summed E-state index contributed by atoms with van der Waals surface area (Å²) >= 11 is 0. The first-order valence-electron chi connectivity index (χ1n) is 4.67. The lowest BCUT2D eigenvalue weighted by Gasteiger charge is -1.96. The molecule has 0 bridgehead atoms. The van der Waals surface area contributed by atoms with Crippen molar-refractivity contribution in [3.05, 3.63) is 41.6 Å². The zero-order valence-electron chi connectivity index (χ0n) is 8.12. The number of benzene rings is 1. The van der Waals surface area contributed by atoms with Crippen molar-refractivity contribution < 1.29 is 5.11 Å². The SMILES string of the molecule is Cc1cccc2[nH]cc(C=CCO)c12. The Kier molecular flexibility index (Phi) is 2.37. The quantitative estimate of drug-likeness (QED) is 0.744. The number of H-pyrrole nitrogens is 1. The van der Waals surface area contributed by atoms with Crippen LogP contribution in [0.5, 0.6) is 0 Å². The van der Waals surface area contributed by atoms with E-state index in [0.29, 0.717) is 0 Å². The Morgan fingerprint density at radius 2 is 2.29 bits per heavy atom. The van der Waals surface area contributed by atoms with Crippen LogP contribution in [0.25, 0.3) is 17.0 Å². The Morgan fingerprint density at radius 1 is 1.43 bits per heavy atom. The van der Waals surface area contributed by atoms with Crippen molar-refractivity contribution in [3.8, 4) is 0 Å². The van der Waals surface area contributed by atoms with Gasteiger partial charge in [0.1, 0.15) is 0 Å². The monoisotopic (exact) mass is 187 g/mol. The van der Waals surface area contributed by atoms with Gasteiger partial charge in [-0.15, -0.1) is 0 Å². The van der Waals surface area contributed by atoms with Gasteiger partial charge in [0.15, 0.2) is 0 Å². The molecular weight excluding hydrogens is 174 g/mol. The Bertz CT molecular complexity index is 468. The van der Waals surface area contributed by atoms with Crippen LogP contribution in [0.3, 0.4) is 0 Å². The molecule has 0 aliphatic heterocycles. The van der Waals surface area contributed by atoms with E-state index in [1.54, 1.807) is 6.08 Å². The highest BCUT2D eigenvalue weighted by atomic mass is 16.2. The molecule has 1 heterocycles. The zero-order chi connectivity index (χ0) is 9.97. The van der Waals surface area contributed by atoms with E-state index in [-0.39, 0.29) is 6.61 Å². The number of hydrogen-bond acceptors (Lipinski definition) is 1. The van der Waals surface area contributed by atoms with Crippen LogP contribution >= 0.6 is 0 Å². The molecule has 2 rings (SSSR count). The Balaban J connectivity index is 2.61. The average molecular weight is 187 g/mol. The molecular formula is C12H13NO. The molecule has 0 saturated carbocycles. The minimum atomic E-state index is 0.0819. The molecule has 2 heteroatoms. The van der Waals surface area contributed by atoms with Crippen LogP contribution in [-0.2, 0) is 0 Å². The summed E-state index contributed by atoms with van der Waals surface area (Å²) in [4.78, 5) is 3.21. The van der Waals surface area contributed by atoms with Crippen molar-refractivity contribution in [3.63, 3.8) is 0 Å². The Hall–Kier alpha value is -1.54. The number of aromatic nitrogens is 1. The van der Waals surface area contributed by atoms with E-state index in [1.165, 1.54) is 10.9 Å². The number of nitrogens with one attached hydrogen (secondary N) is 1. The molecule has 1 aromatic carbocycles. The summed E-state index contributed by atoms with van der Waals surface area (Å²) in [6.45, 7) is 2.17. The topological polar surface area (TPSA) is 36.0 Å². The van der Waals surface area contributed by atoms with Gasteiger partial charge >= 0.3 is 0 Å². The largest absolute Gasteiger partial charge is 0.392 e. The van der Waals surface area contributed by atoms with E-state index in [1.807, 2.05) is 18.3 Å². The molecule has 0 saturated heterocycles. The molecule has 2 aromatic rings. The third-order valence-corrected chi connectivity index (χ3v) is 2.35. The van der Waals surface area contributed by atoms with Crippen LogP contribution in [0.4, 0.5) is 0 Å². The second kappa shape index (κ2) is 3.68. The normalized spacial score (nSPS) is 11.6. The maximum atomic E-state index is 8.71. The summed E-state index contributed by atoms with van der Waals surface area (Å²) < 4.78 is 0. The Labute approximate surface area is 82.9 Å². The molecule has 0 amide bonds. The average Bonchev–Trinajstić information content (AvgIpc) is 2.59. The third-order valence-electron chi connectivity index (χ3n) is 2.35. The van der Waals surface area contributed by atoms with Crippen LogP contribution < -0.4 is 0 Å². The van der Waals surface area contributed by atoms with E-state index in [9.17, 15) is 0 Å². The molecule has 0 aliphatic carbocycles. The van der Waals surface area contributed by atoms with Gasteiger partial charge in [0, 0.05) is 17.1 Å². The van der Waals surface area contributed by atoms with E-state index >= 15 is 0 Å². The Morgan fingerprint density at radius 3 is 3.07 bits per heavy atom. The highest BCUT2D eigenvalue weighted by molar-refractivity contribution is 5.91. The first kappa shape index (κ1) is 9.03. The van der Waals surface area contributed by atoms with Crippen molar-refractivity contribution in [2.75, 3.05) is 6.61 Å². The summed E-state index contributed by atoms with van der Waals surface area (Å²) in [5, 5.41) is 9.94. The maximum Gasteiger partial charge on any atom is 0.0615 e. The zero-order valence-corrected chi connectivity index (χ0v) is 8.12. The molecule has 0 atom stereocenters. The van der Waals surface area contributed by atoms with Gasteiger partial charge < -0.3 is 10.1 Å². The predicted molar refractivity (Wildman–Crippen MR) is 59.2 cm³/mol. The molecule has 0 aliphatic rings.